The zero-order valence-electron chi connectivity index (χ0n) is 8.52. The minimum atomic E-state index is -0.644. The molecular formula is C10H12N2O3. The molecular weight excluding hydrogens is 196 g/mol. The Morgan fingerprint density at radius 1 is 1.33 bits per heavy atom. The molecule has 0 aliphatic rings. The van der Waals surface area contributed by atoms with Gasteiger partial charge in [0.25, 0.3) is 5.91 Å². The van der Waals surface area contributed by atoms with Gasteiger partial charge in [0.05, 0.1) is 5.56 Å². The first-order valence-corrected chi connectivity index (χ1v) is 4.28. The fourth-order valence-corrected chi connectivity index (χ4v) is 1.11. The molecule has 1 aromatic carbocycles. The summed E-state index contributed by atoms with van der Waals surface area (Å²) in [6, 6.07) is 3.95. The molecule has 1 aromatic rings. The van der Waals surface area contributed by atoms with Crippen molar-refractivity contribution in [3.63, 3.8) is 0 Å². The van der Waals surface area contributed by atoms with Crippen LogP contribution in [0.2, 0.25) is 0 Å². The zero-order chi connectivity index (χ0) is 11.6. The number of carbonyl (C=O) groups excluding carboxylic acids is 2. The van der Waals surface area contributed by atoms with Gasteiger partial charge in [0.1, 0.15) is 5.75 Å². The maximum atomic E-state index is 11.5. The van der Waals surface area contributed by atoms with Crippen LogP contribution in [-0.2, 0) is 0 Å². The molecule has 0 aliphatic heterocycles. The van der Waals surface area contributed by atoms with Crippen molar-refractivity contribution in [2.45, 2.75) is 0 Å². The van der Waals surface area contributed by atoms with Crippen LogP contribution in [0.4, 0.5) is 0 Å². The highest BCUT2D eigenvalue weighted by molar-refractivity contribution is 5.99. The summed E-state index contributed by atoms with van der Waals surface area (Å²) in [6.45, 7) is 0. The van der Waals surface area contributed by atoms with Crippen LogP contribution in [0.25, 0.3) is 0 Å². The van der Waals surface area contributed by atoms with Crippen molar-refractivity contribution in [1.29, 1.82) is 0 Å². The van der Waals surface area contributed by atoms with Crippen LogP contribution in [0, 0.1) is 0 Å². The van der Waals surface area contributed by atoms with Crippen molar-refractivity contribution in [3.8, 4) is 5.75 Å². The largest absolute Gasteiger partial charge is 0.507 e. The molecule has 15 heavy (non-hydrogen) atoms. The maximum Gasteiger partial charge on any atom is 0.257 e. The first-order chi connectivity index (χ1) is 6.93. The van der Waals surface area contributed by atoms with Gasteiger partial charge in [-0.2, -0.15) is 0 Å². The summed E-state index contributed by atoms with van der Waals surface area (Å²) in [4.78, 5) is 23.6. The van der Waals surface area contributed by atoms with Gasteiger partial charge in [0.2, 0.25) is 5.91 Å². The average Bonchev–Trinajstić information content (AvgIpc) is 2.16. The molecule has 0 heterocycles. The molecule has 5 nitrogen and oxygen atoms in total. The van der Waals surface area contributed by atoms with Crippen LogP contribution in [-0.4, -0.2) is 35.9 Å². The van der Waals surface area contributed by atoms with E-state index in [0.29, 0.717) is 0 Å². The number of amides is 2. The minimum absolute atomic E-state index is 0.144. The Kier molecular flexibility index (Phi) is 2.94. The van der Waals surface area contributed by atoms with Crippen LogP contribution < -0.4 is 5.73 Å². The molecule has 0 spiro atoms. The lowest BCUT2D eigenvalue weighted by Gasteiger charge is -2.11. The number of carbonyl (C=O) groups is 2. The number of phenolic OH excluding ortho intramolecular Hbond substituents is 1. The van der Waals surface area contributed by atoms with Gasteiger partial charge < -0.3 is 15.7 Å². The Hall–Kier alpha value is -2.04. The summed E-state index contributed by atoms with van der Waals surface area (Å²) < 4.78 is 0. The van der Waals surface area contributed by atoms with E-state index >= 15 is 0 Å². The van der Waals surface area contributed by atoms with E-state index in [-0.39, 0.29) is 22.8 Å². The summed E-state index contributed by atoms with van der Waals surface area (Å²) in [5.41, 5.74) is 5.34. The second-order valence-electron chi connectivity index (χ2n) is 3.30. The molecule has 0 bridgehead atoms. The lowest BCUT2D eigenvalue weighted by molar-refractivity contribution is 0.0824. The molecule has 5 heteroatoms. The van der Waals surface area contributed by atoms with Gasteiger partial charge in [0, 0.05) is 19.7 Å². The van der Waals surface area contributed by atoms with Gasteiger partial charge in [-0.15, -0.1) is 0 Å². The molecule has 80 valence electrons. The summed E-state index contributed by atoms with van der Waals surface area (Å²) >= 11 is 0. The van der Waals surface area contributed by atoms with Gasteiger partial charge >= 0.3 is 0 Å². The third-order valence-corrected chi connectivity index (χ3v) is 1.92. The van der Waals surface area contributed by atoms with Gasteiger partial charge in [-0.3, -0.25) is 9.59 Å². The quantitative estimate of drug-likeness (QED) is 0.727. The number of nitrogens with zero attached hydrogens (tertiary/aromatic N) is 1. The molecule has 0 saturated carbocycles. The molecule has 0 radical (unpaired) electrons. The Balaban J connectivity index is 3.14. The second-order valence-corrected chi connectivity index (χ2v) is 3.30. The number of aromatic hydroxyl groups is 1. The van der Waals surface area contributed by atoms with E-state index in [1.807, 2.05) is 0 Å². The number of hydrogen-bond donors (Lipinski definition) is 2. The fourth-order valence-electron chi connectivity index (χ4n) is 1.11. The normalized spacial score (nSPS) is 9.73. The summed E-state index contributed by atoms with van der Waals surface area (Å²) in [5, 5.41) is 9.50. The van der Waals surface area contributed by atoms with Crippen LogP contribution >= 0.6 is 0 Å². The van der Waals surface area contributed by atoms with Crippen LogP contribution in [0.15, 0.2) is 18.2 Å². The maximum absolute atomic E-state index is 11.5. The number of phenols is 1. The highest BCUT2D eigenvalue weighted by atomic mass is 16.3. The third-order valence-electron chi connectivity index (χ3n) is 1.92. The van der Waals surface area contributed by atoms with Crippen LogP contribution in [0.5, 0.6) is 5.75 Å². The highest BCUT2D eigenvalue weighted by Crippen LogP contribution is 2.19. The number of primary amides is 1. The lowest BCUT2D eigenvalue weighted by atomic mass is 10.1. The average molecular weight is 208 g/mol. The zero-order valence-corrected chi connectivity index (χ0v) is 8.52. The molecule has 2 amide bonds. The standard InChI is InChI=1S/C10H12N2O3/c1-12(2)10(15)7-4-3-6(9(11)14)5-8(7)13/h3-5,13H,1-2H3,(H2,11,14). The smallest absolute Gasteiger partial charge is 0.257 e. The first kappa shape index (κ1) is 11.0. The highest BCUT2D eigenvalue weighted by Gasteiger charge is 2.14. The number of benzene rings is 1. The van der Waals surface area contributed by atoms with E-state index in [0.717, 1.165) is 0 Å². The Bertz CT molecular complexity index is 413. The van der Waals surface area contributed by atoms with Crippen LogP contribution in [0.3, 0.4) is 0 Å². The molecule has 0 aliphatic carbocycles. The van der Waals surface area contributed by atoms with Crippen LogP contribution in [0.1, 0.15) is 20.7 Å². The molecule has 0 aromatic heterocycles. The number of nitrogens with two attached hydrogens (primary N) is 1. The van der Waals surface area contributed by atoms with E-state index in [1.54, 1.807) is 14.1 Å². The summed E-state index contributed by atoms with van der Waals surface area (Å²) in [6.07, 6.45) is 0. The Labute approximate surface area is 87.1 Å². The van der Waals surface area contributed by atoms with E-state index in [9.17, 15) is 14.7 Å². The van der Waals surface area contributed by atoms with Gasteiger partial charge in [-0.05, 0) is 18.2 Å². The Morgan fingerprint density at radius 3 is 2.33 bits per heavy atom. The van der Waals surface area contributed by atoms with E-state index < -0.39 is 5.91 Å². The number of hydrogen-bond acceptors (Lipinski definition) is 3. The summed E-state index contributed by atoms with van der Waals surface area (Å²) in [7, 11) is 3.15. The van der Waals surface area contributed by atoms with Gasteiger partial charge in [0.15, 0.2) is 0 Å². The Morgan fingerprint density at radius 2 is 1.93 bits per heavy atom. The van der Waals surface area contributed by atoms with Crippen molar-refractivity contribution in [2.24, 2.45) is 5.73 Å². The molecule has 1 rings (SSSR count). The monoisotopic (exact) mass is 208 g/mol. The van der Waals surface area contributed by atoms with E-state index in [1.165, 1.54) is 23.1 Å². The van der Waals surface area contributed by atoms with Crippen molar-refractivity contribution < 1.29 is 14.7 Å². The number of rotatable bonds is 2. The van der Waals surface area contributed by atoms with E-state index in [2.05, 4.69) is 0 Å². The second kappa shape index (κ2) is 4.00. The topological polar surface area (TPSA) is 83.6 Å². The van der Waals surface area contributed by atoms with Gasteiger partial charge in [-0.1, -0.05) is 0 Å². The minimum Gasteiger partial charge on any atom is -0.507 e. The molecule has 0 fully saturated rings. The first-order valence-electron chi connectivity index (χ1n) is 4.28. The van der Waals surface area contributed by atoms with Gasteiger partial charge in [-0.25, -0.2) is 0 Å². The third kappa shape index (κ3) is 2.25. The predicted molar refractivity (Wildman–Crippen MR) is 54.6 cm³/mol. The van der Waals surface area contributed by atoms with Crippen molar-refractivity contribution in [1.82, 2.24) is 4.90 Å². The fraction of sp³-hybridized carbons (Fsp3) is 0.200. The van der Waals surface area contributed by atoms with E-state index in [4.69, 9.17) is 5.73 Å². The molecule has 0 unspecified atom stereocenters. The molecule has 0 saturated heterocycles. The molecule has 0 atom stereocenters. The van der Waals surface area contributed by atoms with Crippen molar-refractivity contribution in [3.05, 3.63) is 29.3 Å². The molecule has 3 N–H and O–H groups in total. The summed E-state index contributed by atoms with van der Waals surface area (Å²) in [5.74, 6) is -1.22. The van der Waals surface area contributed by atoms with Crippen molar-refractivity contribution >= 4 is 11.8 Å². The predicted octanol–water partition coefficient (Wildman–Crippen LogP) is 0.193. The SMILES string of the molecule is CN(C)C(=O)c1ccc(C(N)=O)cc1O. The van der Waals surface area contributed by atoms with Crippen molar-refractivity contribution in [2.75, 3.05) is 14.1 Å². The lowest BCUT2D eigenvalue weighted by Crippen LogP contribution is -2.22.